The zero-order valence-corrected chi connectivity index (χ0v) is 26.0. The molecule has 11 heteroatoms. The average molecular weight is 891 g/mol. The number of aromatic hydroxyl groups is 1. The molecule has 3 N–H and O–H groups in total. The summed E-state index contributed by atoms with van der Waals surface area (Å²) in [6, 6.07) is 6.19. The maximum atomic E-state index is 12.1. The molecule has 0 amide bonds. The lowest BCUT2D eigenvalue weighted by Crippen LogP contribution is -2.54. The molecule has 0 saturated carbocycles. The van der Waals surface area contributed by atoms with Crippen LogP contribution in [0.1, 0.15) is 26.3 Å². The summed E-state index contributed by atoms with van der Waals surface area (Å²) in [5, 5.41) is 29.1. The van der Waals surface area contributed by atoms with Crippen LogP contribution in [0.15, 0.2) is 24.3 Å². The number of hydrogen-bond donors (Lipinski definition) is 3. The van der Waals surface area contributed by atoms with Gasteiger partial charge in [0, 0.05) is 5.54 Å². The third-order valence-electron chi connectivity index (χ3n) is 4.53. The largest absolute Gasteiger partial charge is 0.506 e. The van der Waals surface area contributed by atoms with Crippen molar-refractivity contribution in [2.45, 2.75) is 38.8 Å². The second-order valence-electron chi connectivity index (χ2n) is 7.98. The smallest absolute Gasteiger partial charge is 0.321 e. The Hall–Kier alpha value is -0.140. The van der Waals surface area contributed by atoms with Crippen molar-refractivity contribution in [1.82, 2.24) is 4.90 Å². The van der Waals surface area contributed by atoms with Crippen LogP contribution in [0.5, 0.6) is 17.2 Å². The Labute approximate surface area is 240 Å². The molecule has 2 rings (SSSR count). The van der Waals surface area contributed by atoms with E-state index in [2.05, 4.69) is 45.2 Å². The SMILES string of the molecule is CC(C)(C)N(CC(=O)O)C(Cc1cc(I)c(Oc2cc(I)c(O)c(I)c2)c(I)c1)C(=O)O. The summed E-state index contributed by atoms with van der Waals surface area (Å²) >= 11 is 8.36. The Bertz CT molecular complexity index is 991. The minimum atomic E-state index is -1.07. The number of ether oxygens (including phenoxy) is 1. The molecule has 0 fully saturated rings. The number of carbonyl (C=O) groups is 2. The number of hydrogen-bond acceptors (Lipinski definition) is 5. The number of phenolic OH excluding ortho intramolecular Hbond substituents is 1. The Kier molecular flexibility index (Phi) is 10.1. The topological polar surface area (TPSA) is 107 Å². The van der Waals surface area contributed by atoms with Crippen molar-refractivity contribution in [3.05, 3.63) is 44.1 Å². The van der Waals surface area contributed by atoms with Crippen LogP contribution in [0.2, 0.25) is 0 Å². The van der Waals surface area contributed by atoms with Gasteiger partial charge in [-0.2, -0.15) is 0 Å². The molecule has 2 aromatic carbocycles. The van der Waals surface area contributed by atoms with E-state index in [9.17, 15) is 24.9 Å². The second kappa shape index (κ2) is 11.5. The van der Waals surface area contributed by atoms with Gasteiger partial charge >= 0.3 is 11.9 Å². The molecule has 0 spiro atoms. The number of halogens is 4. The summed E-state index contributed by atoms with van der Waals surface area (Å²) in [5.41, 5.74) is 0.130. The Morgan fingerprint density at radius 3 is 1.88 bits per heavy atom. The third kappa shape index (κ3) is 7.43. The molecule has 7 nitrogen and oxygen atoms in total. The minimum absolute atomic E-state index is 0.154. The summed E-state index contributed by atoms with van der Waals surface area (Å²) in [7, 11) is 0. The fraction of sp³-hybridized carbons (Fsp3) is 0.333. The molecule has 1 atom stereocenters. The van der Waals surface area contributed by atoms with E-state index in [0.29, 0.717) is 18.6 Å². The first-order valence-electron chi connectivity index (χ1n) is 9.25. The fourth-order valence-electron chi connectivity index (χ4n) is 3.06. The number of phenols is 1. The van der Waals surface area contributed by atoms with Gasteiger partial charge in [-0.25, -0.2) is 0 Å². The number of benzene rings is 2. The molecule has 0 aromatic heterocycles. The van der Waals surface area contributed by atoms with Gasteiger partial charge in [0.05, 0.1) is 20.8 Å². The van der Waals surface area contributed by atoms with E-state index in [1.54, 1.807) is 32.9 Å². The highest BCUT2D eigenvalue weighted by molar-refractivity contribution is 14.1. The molecule has 0 heterocycles. The summed E-state index contributed by atoms with van der Waals surface area (Å²) in [4.78, 5) is 24.9. The monoisotopic (exact) mass is 891 g/mol. The molecule has 1 unspecified atom stereocenters. The van der Waals surface area contributed by atoms with Gasteiger partial charge < -0.3 is 20.1 Å². The van der Waals surface area contributed by atoms with Crippen molar-refractivity contribution in [2.24, 2.45) is 0 Å². The molecular formula is C21H21I4NO6. The van der Waals surface area contributed by atoms with Gasteiger partial charge in [0.2, 0.25) is 0 Å². The Balaban J connectivity index is 2.37. The van der Waals surface area contributed by atoms with Crippen molar-refractivity contribution in [3.8, 4) is 17.2 Å². The minimum Gasteiger partial charge on any atom is -0.506 e. The normalized spacial score (nSPS) is 12.6. The van der Waals surface area contributed by atoms with Crippen LogP contribution in [-0.4, -0.2) is 50.3 Å². The van der Waals surface area contributed by atoms with E-state index >= 15 is 0 Å². The van der Waals surface area contributed by atoms with E-state index in [1.165, 1.54) is 4.90 Å². The highest BCUT2D eigenvalue weighted by Gasteiger charge is 2.35. The molecule has 0 saturated heterocycles. The fourth-order valence-corrected chi connectivity index (χ4v) is 6.89. The molecule has 0 aliphatic carbocycles. The second-order valence-corrected chi connectivity index (χ2v) is 12.6. The van der Waals surface area contributed by atoms with E-state index in [0.717, 1.165) is 12.7 Å². The average Bonchev–Trinajstić information content (AvgIpc) is 2.64. The van der Waals surface area contributed by atoms with Gasteiger partial charge in [-0.05, 0) is 147 Å². The molecule has 0 bridgehead atoms. The maximum Gasteiger partial charge on any atom is 0.321 e. The molecular weight excluding hydrogens is 870 g/mol. The lowest BCUT2D eigenvalue weighted by molar-refractivity contribution is -0.149. The molecule has 32 heavy (non-hydrogen) atoms. The van der Waals surface area contributed by atoms with Gasteiger partial charge in [0.25, 0.3) is 0 Å². The van der Waals surface area contributed by atoms with Gasteiger partial charge in [-0.1, -0.05) is 0 Å². The van der Waals surface area contributed by atoms with Crippen LogP contribution in [0.4, 0.5) is 0 Å². The molecule has 0 aliphatic heterocycles. The van der Waals surface area contributed by atoms with E-state index in [-0.39, 0.29) is 18.7 Å². The number of carboxylic acid groups (broad SMARTS) is 2. The summed E-state index contributed by atoms with van der Waals surface area (Å²) in [5.74, 6) is -0.707. The van der Waals surface area contributed by atoms with Gasteiger partial charge in [0.15, 0.2) is 5.75 Å². The molecule has 0 aliphatic rings. The van der Waals surface area contributed by atoms with Crippen molar-refractivity contribution in [3.63, 3.8) is 0 Å². The Morgan fingerprint density at radius 1 is 0.969 bits per heavy atom. The predicted molar refractivity (Wildman–Crippen MR) is 155 cm³/mol. The first-order valence-corrected chi connectivity index (χ1v) is 13.6. The van der Waals surface area contributed by atoms with Gasteiger partial charge in [0.1, 0.15) is 17.5 Å². The molecule has 0 radical (unpaired) electrons. The third-order valence-corrected chi connectivity index (χ3v) is 7.77. The quantitative estimate of drug-likeness (QED) is 0.289. The number of nitrogens with zero attached hydrogens (tertiary/aromatic N) is 1. The lowest BCUT2D eigenvalue weighted by atomic mass is 9.97. The van der Waals surface area contributed by atoms with Crippen molar-refractivity contribution in [1.29, 1.82) is 0 Å². The van der Waals surface area contributed by atoms with Crippen LogP contribution < -0.4 is 4.74 Å². The number of rotatable bonds is 8. The van der Waals surface area contributed by atoms with E-state index < -0.39 is 23.5 Å². The number of carboxylic acids is 2. The van der Waals surface area contributed by atoms with E-state index in [1.807, 2.05) is 57.3 Å². The van der Waals surface area contributed by atoms with E-state index in [4.69, 9.17) is 4.74 Å². The standard InChI is InChI=1S/C21H21I4NO6/c1-21(2,3)26(9-17(27)28)16(20(30)31)6-10-4-14(24)19(15(25)5-10)32-11-7-12(22)18(29)13(23)8-11/h4-5,7-8,16,29H,6,9H2,1-3H3,(H,27,28)(H,30,31). The zero-order chi connectivity index (χ0) is 24.4. The Morgan fingerprint density at radius 2 is 1.47 bits per heavy atom. The summed E-state index contributed by atoms with van der Waals surface area (Å²) in [6.45, 7) is 5.04. The maximum absolute atomic E-state index is 12.1. The first kappa shape index (κ1) is 28.1. The highest BCUT2D eigenvalue weighted by Crippen LogP contribution is 2.37. The summed E-state index contributed by atoms with van der Waals surface area (Å²) < 4.78 is 9.03. The van der Waals surface area contributed by atoms with Crippen LogP contribution in [0, 0.1) is 14.3 Å². The predicted octanol–water partition coefficient (Wildman–Crippen LogP) is 5.78. The van der Waals surface area contributed by atoms with Crippen molar-refractivity contribution in [2.75, 3.05) is 6.54 Å². The van der Waals surface area contributed by atoms with Gasteiger partial charge in [-0.3, -0.25) is 14.5 Å². The van der Waals surface area contributed by atoms with Crippen LogP contribution >= 0.6 is 90.4 Å². The van der Waals surface area contributed by atoms with Crippen LogP contribution in [-0.2, 0) is 16.0 Å². The zero-order valence-electron chi connectivity index (χ0n) is 17.3. The lowest BCUT2D eigenvalue weighted by Gasteiger charge is -2.38. The molecule has 174 valence electrons. The highest BCUT2D eigenvalue weighted by atomic mass is 127. The van der Waals surface area contributed by atoms with Crippen molar-refractivity contribution < 1.29 is 29.6 Å². The van der Waals surface area contributed by atoms with Crippen molar-refractivity contribution >= 4 is 102 Å². The van der Waals surface area contributed by atoms with Gasteiger partial charge in [-0.15, -0.1) is 0 Å². The molecule has 2 aromatic rings. The summed E-state index contributed by atoms with van der Waals surface area (Å²) in [6.07, 6.45) is 0.154. The number of aliphatic carboxylic acids is 2. The first-order chi connectivity index (χ1) is 14.7. The van der Waals surface area contributed by atoms with Crippen LogP contribution in [0.3, 0.4) is 0 Å². The van der Waals surface area contributed by atoms with Crippen LogP contribution in [0.25, 0.3) is 0 Å².